The van der Waals surface area contributed by atoms with Crippen LogP contribution >= 0.6 is 0 Å². The summed E-state index contributed by atoms with van der Waals surface area (Å²) in [5.74, 6) is 0.881. The number of unbranched alkanes of at least 4 members (excludes halogenated alkanes) is 11. The van der Waals surface area contributed by atoms with Gasteiger partial charge in [-0.15, -0.1) is 0 Å². The molecule has 0 saturated heterocycles. The molecule has 7 nitrogen and oxygen atoms in total. The van der Waals surface area contributed by atoms with Gasteiger partial charge in [-0.3, -0.25) is 0 Å². The van der Waals surface area contributed by atoms with Crippen LogP contribution in [-0.4, -0.2) is 45.5 Å². The van der Waals surface area contributed by atoms with Gasteiger partial charge in [-0.05, 0) is 43.9 Å². The Kier molecular flexibility index (Phi) is 20.9. The van der Waals surface area contributed by atoms with Gasteiger partial charge in [0.15, 0.2) is 11.5 Å². The second kappa shape index (κ2) is 23.9. The molecule has 0 radical (unpaired) electrons. The van der Waals surface area contributed by atoms with E-state index in [1.807, 2.05) is 12.1 Å². The molecule has 0 spiro atoms. The molecule has 0 atom stereocenters. The first-order chi connectivity index (χ1) is 19.6. The number of methoxy groups -OCH3 is 1. The normalized spacial score (nSPS) is 10.9. The van der Waals surface area contributed by atoms with Crippen molar-refractivity contribution < 1.29 is 33.3 Å². The first-order valence-corrected chi connectivity index (χ1v) is 15.2. The maximum atomic E-state index is 11.8. The minimum Gasteiger partial charge on any atom is -0.490 e. The summed E-state index contributed by atoms with van der Waals surface area (Å²) in [5.41, 5.74) is 0.734. The molecular weight excluding hydrogens is 508 g/mol. The Bertz CT molecular complexity index is 863. The van der Waals surface area contributed by atoms with Crippen LogP contribution in [0, 0.1) is 0 Å². The van der Waals surface area contributed by atoms with Crippen molar-refractivity contribution in [2.75, 3.05) is 33.5 Å². The first-order valence-electron chi connectivity index (χ1n) is 15.2. The fourth-order valence-electron chi connectivity index (χ4n) is 4.05. The summed E-state index contributed by atoms with van der Waals surface area (Å²) in [6.07, 6.45) is 19.5. The Morgan fingerprint density at radius 1 is 0.675 bits per heavy atom. The fraction of sp³-hybridized carbons (Fsp3) is 0.636. The highest BCUT2D eigenvalue weighted by Gasteiger charge is 2.17. The van der Waals surface area contributed by atoms with Crippen molar-refractivity contribution in [3.63, 3.8) is 0 Å². The van der Waals surface area contributed by atoms with Crippen LogP contribution < -0.4 is 14.2 Å². The molecule has 7 heteroatoms. The summed E-state index contributed by atoms with van der Waals surface area (Å²) in [6, 6.07) is 3.72. The highest BCUT2D eigenvalue weighted by molar-refractivity contribution is 5.88. The molecule has 0 fully saturated rings. The third kappa shape index (κ3) is 16.2. The Morgan fingerprint density at radius 3 is 1.80 bits per heavy atom. The zero-order valence-electron chi connectivity index (χ0n) is 25.2. The van der Waals surface area contributed by atoms with E-state index in [1.54, 1.807) is 6.08 Å². The van der Waals surface area contributed by atoms with Crippen molar-refractivity contribution in [3.05, 3.63) is 36.4 Å². The molecule has 0 N–H and O–H groups in total. The number of carbonyl (C=O) groups excluding carboxylic acids is 2. The fourth-order valence-corrected chi connectivity index (χ4v) is 4.05. The molecule has 0 aliphatic rings. The zero-order chi connectivity index (χ0) is 29.3. The second-order valence-corrected chi connectivity index (χ2v) is 9.83. The average molecular weight is 561 g/mol. The molecule has 0 bridgehead atoms. The molecule has 0 heterocycles. The summed E-state index contributed by atoms with van der Waals surface area (Å²) in [5, 5.41) is 0. The third-order valence-electron chi connectivity index (χ3n) is 6.40. The van der Waals surface area contributed by atoms with Gasteiger partial charge in [-0.1, -0.05) is 84.6 Å². The van der Waals surface area contributed by atoms with Gasteiger partial charge in [-0.25, -0.2) is 9.59 Å². The van der Waals surface area contributed by atoms with Crippen molar-refractivity contribution in [3.8, 4) is 17.2 Å². The van der Waals surface area contributed by atoms with Crippen LogP contribution in [0.4, 0.5) is 0 Å². The van der Waals surface area contributed by atoms with E-state index in [-0.39, 0.29) is 0 Å². The van der Waals surface area contributed by atoms with Crippen molar-refractivity contribution >= 4 is 18.0 Å². The standard InChI is InChI=1S/C33H52O7/c1-5-8-10-12-14-16-26-39-32-28(21-23-31(35)36-4)20-22-29(37-24-18-19-25-38-30(34)7-3)33(32)40-27-17-15-13-11-9-6-2/h7,20-23H,3,5-6,8-19,24-27H2,1-2,4H3/b23-21+. The Balaban J connectivity index is 2.99. The number of hydrogen-bond donors (Lipinski definition) is 0. The highest BCUT2D eigenvalue weighted by Crippen LogP contribution is 2.41. The topological polar surface area (TPSA) is 80.3 Å². The van der Waals surface area contributed by atoms with Crippen molar-refractivity contribution in [2.45, 2.75) is 104 Å². The van der Waals surface area contributed by atoms with Gasteiger partial charge in [-0.2, -0.15) is 0 Å². The van der Waals surface area contributed by atoms with Crippen LogP contribution in [0.25, 0.3) is 6.08 Å². The van der Waals surface area contributed by atoms with E-state index in [0.717, 1.165) is 37.3 Å². The summed E-state index contributed by atoms with van der Waals surface area (Å²) in [7, 11) is 1.35. The van der Waals surface area contributed by atoms with Crippen molar-refractivity contribution in [1.29, 1.82) is 0 Å². The van der Waals surface area contributed by atoms with E-state index in [0.29, 0.717) is 56.5 Å². The maximum absolute atomic E-state index is 11.8. The zero-order valence-corrected chi connectivity index (χ0v) is 25.2. The number of esters is 2. The van der Waals surface area contributed by atoms with E-state index in [2.05, 4.69) is 20.4 Å². The van der Waals surface area contributed by atoms with Gasteiger partial charge in [0, 0.05) is 17.7 Å². The molecule has 0 saturated carbocycles. The predicted molar refractivity (Wildman–Crippen MR) is 161 cm³/mol. The van der Waals surface area contributed by atoms with E-state index in [9.17, 15) is 9.59 Å². The lowest BCUT2D eigenvalue weighted by atomic mass is 10.1. The summed E-state index contributed by atoms with van der Waals surface area (Å²) >= 11 is 0. The van der Waals surface area contributed by atoms with Gasteiger partial charge in [0.25, 0.3) is 0 Å². The number of rotatable bonds is 25. The lowest BCUT2D eigenvalue weighted by molar-refractivity contribution is -0.138. The summed E-state index contributed by atoms with van der Waals surface area (Å²) in [4.78, 5) is 23.0. The molecule has 0 aliphatic heterocycles. The molecule has 1 aromatic rings. The maximum Gasteiger partial charge on any atom is 0.330 e. The van der Waals surface area contributed by atoms with Crippen molar-refractivity contribution in [1.82, 2.24) is 0 Å². The molecule has 1 aromatic carbocycles. The molecule has 226 valence electrons. The van der Waals surface area contributed by atoms with E-state index < -0.39 is 11.9 Å². The van der Waals surface area contributed by atoms with Crippen LogP contribution in [0.3, 0.4) is 0 Å². The number of benzene rings is 1. The van der Waals surface area contributed by atoms with Crippen molar-refractivity contribution in [2.24, 2.45) is 0 Å². The SMILES string of the molecule is C=CC(=O)OCCCCOc1ccc(/C=C/C(=O)OC)c(OCCCCCCCC)c1OCCCCCCCC. The van der Waals surface area contributed by atoms with Crippen LogP contribution in [-0.2, 0) is 19.1 Å². The molecular formula is C33H52O7. The lowest BCUT2D eigenvalue weighted by Gasteiger charge is -2.19. The summed E-state index contributed by atoms with van der Waals surface area (Å²) in [6.45, 7) is 9.70. The quantitative estimate of drug-likeness (QED) is 0.0677. The number of ether oxygens (including phenoxy) is 5. The number of hydrogen-bond acceptors (Lipinski definition) is 7. The first kappa shape index (κ1) is 35.1. The third-order valence-corrected chi connectivity index (χ3v) is 6.40. The minimum absolute atomic E-state index is 0.319. The molecule has 1 rings (SSSR count). The van der Waals surface area contributed by atoms with E-state index in [4.69, 9.17) is 23.7 Å². The number of carbonyl (C=O) groups is 2. The highest BCUT2D eigenvalue weighted by atomic mass is 16.5. The monoisotopic (exact) mass is 560 g/mol. The van der Waals surface area contributed by atoms with E-state index >= 15 is 0 Å². The van der Waals surface area contributed by atoms with Gasteiger partial charge in [0.05, 0.1) is 33.5 Å². The summed E-state index contributed by atoms with van der Waals surface area (Å²) < 4.78 is 28.5. The predicted octanol–water partition coefficient (Wildman–Crippen LogP) is 8.24. The van der Waals surface area contributed by atoms with Gasteiger partial charge < -0.3 is 23.7 Å². The molecule has 0 unspecified atom stereocenters. The molecule has 40 heavy (non-hydrogen) atoms. The van der Waals surface area contributed by atoms with Crippen LogP contribution in [0.15, 0.2) is 30.9 Å². The van der Waals surface area contributed by atoms with Gasteiger partial charge >= 0.3 is 11.9 Å². The Labute approximate surface area is 242 Å². The molecule has 0 amide bonds. The van der Waals surface area contributed by atoms with Gasteiger partial charge in [0.2, 0.25) is 5.75 Å². The van der Waals surface area contributed by atoms with Crippen LogP contribution in [0.2, 0.25) is 0 Å². The average Bonchev–Trinajstić information content (AvgIpc) is 2.97. The molecule has 0 aromatic heterocycles. The largest absolute Gasteiger partial charge is 0.490 e. The lowest BCUT2D eigenvalue weighted by Crippen LogP contribution is -2.08. The van der Waals surface area contributed by atoms with E-state index in [1.165, 1.54) is 64.6 Å². The smallest absolute Gasteiger partial charge is 0.330 e. The van der Waals surface area contributed by atoms with Crippen LogP contribution in [0.5, 0.6) is 17.2 Å². The molecule has 0 aliphatic carbocycles. The minimum atomic E-state index is -0.436. The second-order valence-electron chi connectivity index (χ2n) is 9.83. The Hall–Kier alpha value is -2.96. The van der Waals surface area contributed by atoms with Gasteiger partial charge in [0.1, 0.15) is 0 Å². The Morgan fingerprint density at radius 2 is 1.20 bits per heavy atom. The van der Waals surface area contributed by atoms with Crippen LogP contribution in [0.1, 0.15) is 109 Å².